The minimum Gasteiger partial charge on any atom is -0.466 e. The number of esters is 1. The van der Waals surface area contributed by atoms with Gasteiger partial charge in [-0.1, -0.05) is 371 Å². The van der Waals surface area contributed by atoms with Gasteiger partial charge >= 0.3 is 5.97 Å². The van der Waals surface area contributed by atoms with Gasteiger partial charge in [-0.2, -0.15) is 0 Å². The van der Waals surface area contributed by atoms with Crippen LogP contribution in [0, 0.1) is 0 Å². The summed E-state index contributed by atoms with van der Waals surface area (Å²) < 4.78 is 5.48. The van der Waals surface area contributed by atoms with E-state index in [0.29, 0.717) is 19.4 Å². The predicted molar refractivity (Wildman–Crippen MR) is 356 cm³/mol. The van der Waals surface area contributed by atoms with Crippen LogP contribution in [0.25, 0.3) is 0 Å². The molecular formula is C75H143NO5. The number of hydrogen-bond donors (Lipinski definition) is 3. The number of carbonyl (C=O) groups is 2. The number of nitrogens with one attached hydrogen (secondary N) is 1. The molecule has 0 aromatic carbocycles. The Morgan fingerprint density at radius 3 is 0.975 bits per heavy atom. The second-order valence-electron chi connectivity index (χ2n) is 25.3. The first-order valence-electron chi connectivity index (χ1n) is 36.8. The second kappa shape index (κ2) is 70.6. The highest BCUT2D eigenvalue weighted by Crippen LogP contribution is 2.19. The van der Waals surface area contributed by atoms with Crippen molar-refractivity contribution < 1.29 is 24.5 Å². The first-order chi connectivity index (χ1) is 40.0. The van der Waals surface area contributed by atoms with Crippen molar-refractivity contribution in [2.45, 2.75) is 418 Å². The van der Waals surface area contributed by atoms with E-state index in [4.69, 9.17) is 4.74 Å². The summed E-state index contributed by atoms with van der Waals surface area (Å²) in [5, 5.41) is 23.3. The molecule has 0 aromatic heterocycles. The largest absolute Gasteiger partial charge is 0.466 e. The number of unbranched alkanes of at least 4 members (excludes halogenated alkanes) is 54. The Balaban J connectivity index is 3.36. The molecule has 0 aromatic rings. The van der Waals surface area contributed by atoms with E-state index in [1.807, 2.05) is 6.08 Å². The zero-order valence-corrected chi connectivity index (χ0v) is 54.8. The van der Waals surface area contributed by atoms with E-state index in [1.54, 1.807) is 6.08 Å². The molecule has 0 saturated carbocycles. The highest BCUT2D eigenvalue weighted by atomic mass is 16.5. The molecule has 0 spiro atoms. The van der Waals surface area contributed by atoms with E-state index >= 15 is 0 Å². The average molecular weight is 1140 g/mol. The SMILES string of the molecule is CCCC/C=C\C/C=C\CCCCCCCC(=O)OCCCCCCCCCCCCCCCCCCCCCCCCCCCCCCCCC(=O)NC(CO)C(O)/C=C/CCCCCCCCCCCCCCCCCCCC. The minimum atomic E-state index is -0.843. The lowest BCUT2D eigenvalue weighted by Gasteiger charge is -2.20. The number of amides is 1. The van der Waals surface area contributed by atoms with Gasteiger partial charge in [0.25, 0.3) is 0 Å². The predicted octanol–water partition coefficient (Wildman–Crippen LogP) is 23.9. The summed E-state index contributed by atoms with van der Waals surface area (Å²) in [5.74, 6) is -0.0548. The molecule has 81 heavy (non-hydrogen) atoms. The molecule has 0 rings (SSSR count). The summed E-state index contributed by atoms with van der Waals surface area (Å²) in [4.78, 5) is 24.6. The standard InChI is InChI=1S/C75H143NO5/c1-3-5-7-9-11-13-15-17-19-20-21-34-37-40-43-47-51-55-59-63-67-73(78)72(71-77)76-74(79)68-64-60-56-52-48-44-41-38-35-32-30-28-26-24-22-23-25-27-29-31-33-36-39-42-46-50-54-58-62-66-70-81-75(80)69-65-61-57-53-49-45-18-16-14-12-10-8-6-4-2/h10,12,16,18,63,67,72-73,77-78H,3-9,11,13-15,17,19-62,64-66,68-71H2,1-2H3,(H,76,79)/b12-10-,18-16-,67-63+. The maximum absolute atomic E-state index is 12.5. The Kier molecular flexibility index (Phi) is 68.9. The number of ether oxygens (including phenoxy) is 1. The van der Waals surface area contributed by atoms with E-state index in [1.165, 1.54) is 327 Å². The van der Waals surface area contributed by atoms with E-state index < -0.39 is 12.1 Å². The lowest BCUT2D eigenvalue weighted by molar-refractivity contribution is -0.143. The van der Waals surface area contributed by atoms with Crippen LogP contribution in [0.15, 0.2) is 36.5 Å². The number of aliphatic hydroxyl groups excluding tert-OH is 2. The smallest absolute Gasteiger partial charge is 0.305 e. The maximum Gasteiger partial charge on any atom is 0.305 e. The lowest BCUT2D eigenvalue weighted by Crippen LogP contribution is -2.45. The van der Waals surface area contributed by atoms with Gasteiger partial charge in [0.05, 0.1) is 25.4 Å². The topological polar surface area (TPSA) is 95.9 Å². The highest BCUT2D eigenvalue weighted by molar-refractivity contribution is 5.76. The molecule has 0 heterocycles. The van der Waals surface area contributed by atoms with Gasteiger partial charge in [-0.3, -0.25) is 9.59 Å². The first-order valence-corrected chi connectivity index (χ1v) is 36.8. The van der Waals surface area contributed by atoms with Crippen molar-refractivity contribution in [1.29, 1.82) is 0 Å². The highest BCUT2D eigenvalue weighted by Gasteiger charge is 2.18. The van der Waals surface area contributed by atoms with Crippen LogP contribution in [0.2, 0.25) is 0 Å². The van der Waals surface area contributed by atoms with Crippen LogP contribution >= 0.6 is 0 Å². The van der Waals surface area contributed by atoms with E-state index in [-0.39, 0.29) is 18.5 Å². The van der Waals surface area contributed by atoms with Gasteiger partial charge in [0.15, 0.2) is 0 Å². The molecule has 3 N–H and O–H groups in total. The summed E-state index contributed by atoms with van der Waals surface area (Å²) in [6.07, 6.45) is 91.0. The molecule has 2 unspecified atom stereocenters. The van der Waals surface area contributed by atoms with Crippen molar-refractivity contribution in [1.82, 2.24) is 5.32 Å². The van der Waals surface area contributed by atoms with Crippen LogP contribution in [-0.4, -0.2) is 47.4 Å². The van der Waals surface area contributed by atoms with Crippen LogP contribution < -0.4 is 5.32 Å². The number of rotatable bonds is 69. The van der Waals surface area contributed by atoms with Gasteiger partial charge in [0, 0.05) is 12.8 Å². The fraction of sp³-hybridized carbons (Fsp3) is 0.893. The van der Waals surface area contributed by atoms with Crippen LogP contribution in [0.5, 0.6) is 0 Å². The molecule has 0 bridgehead atoms. The summed E-state index contributed by atoms with van der Waals surface area (Å²) in [7, 11) is 0. The van der Waals surface area contributed by atoms with Crippen molar-refractivity contribution in [3.05, 3.63) is 36.5 Å². The fourth-order valence-electron chi connectivity index (χ4n) is 11.5. The third-order valence-corrected chi connectivity index (χ3v) is 17.2. The number of allylic oxidation sites excluding steroid dienone is 5. The van der Waals surface area contributed by atoms with Crippen molar-refractivity contribution in [3.63, 3.8) is 0 Å². The molecule has 2 atom stereocenters. The molecular weight excluding hydrogens is 995 g/mol. The van der Waals surface area contributed by atoms with Crippen LogP contribution in [0.3, 0.4) is 0 Å². The van der Waals surface area contributed by atoms with E-state index in [0.717, 1.165) is 51.4 Å². The van der Waals surface area contributed by atoms with Crippen molar-refractivity contribution >= 4 is 11.9 Å². The molecule has 0 aliphatic heterocycles. The molecule has 478 valence electrons. The van der Waals surface area contributed by atoms with E-state index in [2.05, 4.69) is 43.5 Å². The fourth-order valence-corrected chi connectivity index (χ4v) is 11.5. The van der Waals surface area contributed by atoms with Crippen molar-refractivity contribution in [3.8, 4) is 0 Å². The summed E-state index contributed by atoms with van der Waals surface area (Å²) in [6, 6.07) is -0.626. The Morgan fingerprint density at radius 2 is 0.630 bits per heavy atom. The van der Waals surface area contributed by atoms with Gasteiger partial charge in [-0.05, 0) is 57.8 Å². The van der Waals surface area contributed by atoms with Gasteiger partial charge in [0.1, 0.15) is 0 Å². The van der Waals surface area contributed by atoms with Crippen molar-refractivity contribution in [2.24, 2.45) is 0 Å². The first kappa shape index (κ1) is 79.1. The second-order valence-corrected chi connectivity index (χ2v) is 25.3. The molecule has 0 aliphatic carbocycles. The van der Waals surface area contributed by atoms with Gasteiger partial charge in [-0.25, -0.2) is 0 Å². The zero-order chi connectivity index (χ0) is 58.5. The number of hydrogen-bond acceptors (Lipinski definition) is 5. The minimum absolute atomic E-state index is 0.00555. The van der Waals surface area contributed by atoms with Crippen LogP contribution in [0.1, 0.15) is 406 Å². The van der Waals surface area contributed by atoms with Crippen LogP contribution in [-0.2, 0) is 14.3 Å². The monoisotopic (exact) mass is 1140 g/mol. The molecule has 0 fully saturated rings. The van der Waals surface area contributed by atoms with Gasteiger partial charge in [-0.15, -0.1) is 0 Å². The van der Waals surface area contributed by atoms with Crippen LogP contribution in [0.4, 0.5) is 0 Å². The van der Waals surface area contributed by atoms with Gasteiger partial charge in [0.2, 0.25) is 5.91 Å². The molecule has 0 aliphatic rings. The lowest BCUT2D eigenvalue weighted by atomic mass is 10.0. The molecule has 0 radical (unpaired) electrons. The van der Waals surface area contributed by atoms with Crippen molar-refractivity contribution in [2.75, 3.05) is 13.2 Å². The Labute approximate surface area is 506 Å². The Bertz CT molecular complexity index is 1310. The quantitative estimate of drug-likeness (QED) is 0.0320. The molecule has 0 saturated heterocycles. The Morgan fingerprint density at radius 1 is 0.346 bits per heavy atom. The maximum atomic E-state index is 12.5. The number of aliphatic hydroxyl groups is 2. The summed E-state index contributed by atoms with van der Waals surface area (Å²) in [6.45, 7) is 4.90. The van der Waals surface area contributed by atoms with E-state index in [9.17, 15) is 19.8 Å². The van der Waals surface area contributed by atoms with Gasteiger partial charge < -0.3 is 20.3 Å². The molecule has 6 nitrogen and oxygen atoms in total. The Hall–Kier alpha value is -1.92. The normalized spacial score (nSPS) is 12.7. The third-order valence-electron chi connectivity index (χ3n) is 17.2. The molecule has 6 heteroatoms. The number of carbonyl (C=O) groups excluding carboxylic acids is 2. The molecule has 1 amide bonds. The third kappa shape index (κ3) is 67.1. The average Bonchev–Trinajstić information content (AvgIpc) is 3.47. The zero-order valence-electron chi connectivity index (χ0n) is 54.8. The summed E-state index contributed by atoms with van der Waals surface area (Å²) >= 11 is 0. The summed E-state index contributed by atoms with van der Waals surface area (Å²) in [5.41, 5.74) is 0.